The fourth-order valence-corrected chi connectivity index (χ4v) is 2.53. The number of methoxy groups -OCH3 is 1. The summed E-state index contributed by atoms with van der Waals surface area (Å²) in [6, 6.07) is 10.7. The maximum atomic E-state index is 5.46. The summed E-state index contributed by atoms with van der Waals surface area (Å²) in [5.74, 6) is 0.960. The van der Waals surface area contributed by atoms with E-state index in [-0.39, 0.29) is 0 Å². The van der Waals surface area contributed by atoms with Crippen molar-refractivity contribution in [2.24, 2.45) is 7.05 Å². The molecule has 21 heavy (non-hydrogen) atoms. The third kappa shape index (κ3) is 4.60. The SMILES string of the molecule is CCCNC(Cc1ccn(C)n1)Cc1ccccc1OC. The van der Waals surface area contributed by atoms with E-state index in [1.54, 1.807) is 7.11 Å². The summed E-state index contributed by atoms with van der Waals surface area (Å²) >= 11 is 0. The second-order valence-corrected chi connectivity index (χ2v) is 5.35. The van der Waals surface area contributed by atoms with Gasteiger partial charge in [0.1, 0.15) is 5.75 Å². The highest BCUT2D eigenvalue weighted by Gasteiger charge is 2.14. The molecule has 4 nitrogen and oxygen atoms in total. The second kappa shape index (κ2) is 7.84. The number of nitrogens with one attached hydrogen (secondary N) is 1. The van der Waals surface area contributed by atoms with Gasteiger partial charge in [0.2, 0.25) is 0 Å². The Bertz CT molecular complexity index is 550. The van der Waals surface area contributed by atoms with Gasteiger partial charge in [-0.25, -0.2) is 0 Å². The monoisotopic (exact) mass is 287 g/mol. The van der Waals surface area contributed by atoms with Gasteiger partial charge in [-0.1, -0.05) is 25.1 Å². The molecule has 1 heterocycles. The molecular weight excluding hydrogens is 262 g/mol. The maximum Gasteiger partial charge on any atom is 0.122 e. The summed E-state index contributed by atoms with van der Waals surface area (Å²) in [4.78, 5) is 0. The van der Waals surface area contributed by atoms with E-state index in [1.165, 1.54) is 5.56 Å². The zero-order chi connectivity index (χ0) is 15.1. The van der Waals surface area contributed by atoms with Crippen molar-refractivity contribution < 1.29 is 4.74 Å². The quantitative estimate of drug-likeness (QED) is 0.811. The maximum absolute atomic E-state index is 5.46. The molecule has 0 radical (unpaired) electrons. The molecule has 1 aromatic heterocycles. The number of aryl methyl sites for hydroxylation is 1. The minimum atomic E-state index is 0.371. The Balaban J connectivity index is 2.08. The van der Waals surface area contributed by atoms with Crippen LogP contribution in [-0.2, 0) is 19.9 Å². The largest absolute Gasteiger partial charge is 0.496 e. The minimum absolute atomic E-state index is 0.371. The molecule has 1 N–H and O–H groups in total. The molecule has 0 bridgehead atoms. The van der Waals surface area contributed by atoms with Crippen molar-refractivity contribution in [1.29, 1.82) is 0 Å². The first-order valence-electron chi connectivity index (χ1n) is 7.56. The van der Waals surface area contributed by atoms with Gasteiger partial charge in [0, 0.05) is 25.7 Å². The average molecular weight is 287 g/mol. The van der Waals surface area contributed by atoms with Crippen molar-refractivity contribution in [3.05, 3.63) is 47.8 Å². The van der Waals surface area contributed by atoms with E-state index in [1.807, 2.05) is 30.1 Å². The number of ether oxygens (including phenoxy) is 1. The number of benzene rings is 1. The molecule has 0 spiro atoms. The topological polar surface area (TPSA) is 39.1 Å². The average Bonchev–Trinajstić information content (AvgIpc) is 2.90. The van der Waals surface area contributed by atoms with Crippen LogP contribution >= 0.6 is 0 Å². The van der Waals surface area contributed by atoms with Crippen LogP contribution in [0.4, 0.5) is 0 Å². The van der Waals surface area contributed by atoms with Crippen molar-refractivity contribution in [2.45, 2.75) is 32.2 Å². The molecule has 0 saturated heterocycles. The lowest BCUT2D eigenvalue weighted by molar-refractivity contribution is 0.404. The van der Waals surface area contributed by atoms with Gasteiger partial charge < -0.3 is 10.1 Å². The number of para-hydroxylation sites is 1. The zero-order valence-corrected chi connectivity index (χ0v) is 13.2. The van der Waals surface area contributed by atoms with Crippen LogP contribution in [-0.4, -0.2) is 29.5 Å². The van der Waals surface area contributed by atoms with E-state index in [0.717, 1.165) is 37.3 Å². The fourth-order valence-electron chi connectivity index (χ4n) is 2.53. The molecule has 2 rings (SSSR count). The van der Waals surface area contributed by atoms with Crippen molar-refractivity contribution in [1.82, 2.24) is 15.1 Å². The van der Waals surface area contributed by atoms with E-state index in [0.29, 0.717) is 6.04 Å². The van der Waals surface area contributed by atoms with Gasteiger partial charge in [0.05, 0.1) is 12.8 Å². The molecule has 1 aromatic carbocycles. The summed E-state index contributed by atoms with van der Waals surface area (Å²) in [7, 11) is 3.68. The van der Waals surface area contributed by atoms with Gasteiger partial charge in [-0.2, -0.15) is 5.10 Å². The smallest absolute Gasteiger partial charge is 0.122 e. The first-order chi connectivity index (χ1) is 10.2. The van der Waals surface area contributed by atoms with Crippen molar-refractivity contribution >= 4 is 0 Å². The van der Waals surface area contributed by atoms with E-state index in [9.17, 15) is 0 Å². The molecule has 4 heteroatoms. The van der Waals surface area contributed by atoms with Gasteiger partial charge in [0.25, 0.3) is 0 Å². The van der Waals surface area contributed by atoms with E-state index in [2.05, 4.69) is 35.5 Å². The van der Waals surface area contributed by atoms with E-state index in [4.69, 9.17) is 4.74 Å². The Morgan fingerprint density at radius 3 is 2.71 bits per heavy atom. The summed E-state index contributed by atoms with van der Waals surface area (Å²) in [6.07, 6.45) is 5.00. The summed E-state index contributed by atoms with van der Waals surface area (Å²) in [5.41, 5.74) is 2.37. The number of aromatic nitrogens is 2. The van der Waals surface area contributed by atoms with Crippen LogP contribution < -0.4 is 10.1 Å². The Labute approximate surface area is 127 Å². The van der Waals surface area contributed by atoms with E-state index >= 15 is 0 Å². The van der Waals surface area contributed by atoms with E-state index < -0.39 is 0 Å². The van der Waals surface area contributed by atoms with Crippen LogP contribution in [0.3, 0.4) is 0 Å². The molecule has 1 unspecified atom stereocenters. The molecule has 0 aliphatic carbocycles. The van der Waals surface area contributed by atoms with Crippen LogP contribution in [0.2, 0.25) is 0 Å². The molecule has 0 aliphatic rings. The molecule has 0 fully saturated rings. The fraction of sp³-hybridized carbons (Fsp3) is 0.471. The van der Waals surface area contributed by atoms with Crippen LogP contribution in [0.1, 0.15) is 24.6 Å². The normalized spacial score (nSPS) is 12.3. The summed E-state index contributed by atoms with van der Waals surface area (Å²) in [5, 5.41) is 8.11. The predicted octanol–water partition coefficient (Wildman–Crippen LogP) is 2.58. The highest BCUT2D eigenvalue weighted by atomic mass is 16.5. The lowest BCUT2D eigenvalue weighted by atomic mass is 10.0. The Morgan fingerprint density at radius 2 is 2.05 bits per heavy atom. The molecule has 114 valence electrons. The highest BCUT2D eigenvalue weighted by molar-refractivity contribution is 5.34. The highest BCUT2D eigenvalue weighted by Crippen LogP contribution is 2.20. The van der Waals surface area contributed by atoms with Crippen LogP contribution in [0.25, 0.3) is 0 Å². The number of hydrogen-bond acceptors (Lipinski definition) is 3. The van der Waals surface area contributed by atoms with Crippen molar-refractivity contribution in [2.75, 3.05) is 13.7 Å². The lowest BCUT2D eigenvalue weighted by Gasteiger charge is -2.19. The minimum Gasteiger partial charge on any atom is -0.496 e. The molecule has 1 atom stereocenters. The summed E-state index contributed by atoms with van der Waals surface area (Å²) < 4.78 is 7.31. The van der Waals surface area contributed by atoms with Crippen LogP contribution in [0, 0.1) is 0 Å². The first-order valence-corrected chi connectivity index (χ1v) is 7.56. The number of rotatable bonds is 8. The molecule has 0 saturated carbocycles. The third-order valence-electron chi connectivity index (χ3n) is 3.57. The zero-order valence-electron chi connectivity index (χ0n) is 13.2. The van der Waals surface area contributed by atoms with Gasteiger partial charge in [-0.3, -0.25) is 4.68 Å². The number of nitrogens with zero attached hydrogens (tertiary/aromatic N) is 2. The Hall–Kier alpha value is -1.81. The summed E-state index contributed by atoms with van der Waals surface area (Å²) in [6.45, 7) is 3.21. The molecule has 2 aromatic rings. The van der Waals surface area contributed by atoms with Gasteiger partial charge in [-0.15, -0.1) is 0 Å². The van der Waals surface area contributed by atoms with Crippen LogP contribution in [0.15, 0.2) is 36.5 Å². The first kappa shape index (κ1) is 15.6. The number of hydrogen-bond donors (Lipinski definition) is 1. The van der Waals surface area contributed by atoms with Gasteiger partial charge >= 0.3 is 0 Å². The molecule has 0 aliphatic heterocycles. The Kier molecular flexibility index (Phi) is 5.81. The standard InChI is InChI=1S/C17H25N3O/c1-4-10-18-16(13-15-9-11-20(2)19-15)12-14-7-5-6-8-17(14)21-3/h5-9,11,16,18H,4,10,12-13H2,1-3H3. The predicted molar refractivity (Wildman–Crippen MR) is 85.7 cm³/mol. The third-order valence-corrected chi connectivity index (χ3v) is 3.57. The van der Waals surface area contributed by atoms with Crippen molar-refractivity contribution in [3.8, 4) is 5.75 Å². The van der Waals surface area contributed by atoms with Gasteiger partial charge in [-0.05, 0) is 37.1 Å². The Morgan fingerprint density at radius 1 is 1.24 bits per heavy atom. The van der Waals surface area contributed by atoms with Gasteiger partial charge in [0.15, 0.2) is 0 Å². The van der Waals surface area contributed by atoms with Crippen LogP contribution in [0.5, 0.6) is 5.75 Å². The second-order valence-electron chi connectivity index (χ2n) is 5.35. The molecular formula is C17H25N3O. The molecule has 0 amide bonds. The van der Waals surface area contributed by atoms with Crippen molar-refractivity contribution in [3.63, 3.8) is 0 Å². The lowest BCUT2D eigenvalue weighted by Crippen LogP contribution is -2.34.